The van der Waals surface area contributed by atoms with Crippen molar-refractivity contribution in [2.24, 2.45) is 0 Å². The summed E-state index contributed by atoms with van der Waals surface area (Å²) in [6.45, 7) is 3.08. The van der Waals surface area contributed by atoms with Gasteiger partial charge in [-0.25, -0.2) is 5.48 Å². The predicted octanol–water partition coefficient (Wildman–Crippen LogP) is 4.56. The van der Waals surface area contributed by atoms with E-state index in [1.165, 1.54) is 30.5 Å². The molecule has 0 bridgehead atoms. The Bertz CT molecular complexity index is 1390. The van der Waals surface area contributed by atoms with Crippen molar-refractivity contribution in [3.8, 4) is 11.4 Å². The van der Waals surface area contributed by atoms with Crippen LogP contribution >= 0.6 is 23.2 Å². The molecule has 208 valence electrons. The van der Waals surface area contributed by atoms with Gasteiger partial charge in [0, 0.05) is 17.3 Å². The van der Waals surface area contributed by atoms with Crippen LogP contribution in [0.4, 0.5) is 18.9 Å². The van der Waals surface area contributed by atoms with Crippen molar-refractivity contribution in [2.45, 2.75) is 39.5 Å². The minimum absolute atomic E-state index is 0.00114. The first-order valence-corrected chi connectivity index (χ1v) is 12.1. The quantitative estimate of drug-likeness (QED) is 0.315. The van der Waals surface area contributed by atoms with Crippen molar-refractivity contribution >= 4 is 46.6 Å². The number of halogens is 5. The van der Waals surface area contributed by atoms with E-state index in [2.05, 4.69) is 26.2 Å². The molecule has 0 radical (unpaired) electrons. The number of rotatable bonds is 9. The number of hydroxylamine groups is 1. The van der Waals surface area contributed by atoms with Crippen molar-refractivity contribution in [2.75, 3.05) is 11.9 Å². The Labute approximate surface area is 230 Å². The second-order valence-electron chi connectivity index (χ2n) is 8.55. The van der Waals surface area contributed by atoms with Gasteiger partial charge in [-0.2, -0.15) is 18.3 Å². The van der Waals surface area contributed by atoms with Crippen molar-refractivity contribution in [3.63, 3.8) is 0 Å². The smallest absolute Gasteiger partial charge is 0.352 e. The standard InChI is InChI=1S/C24H23Cl2F3N6O4/c1-12(2)32-18(36)10-39-34-23(38)15-8-14(25)7-13(3)19(15)33-22(37)16-9-31-35(11-24(27,28)29)21(16)20-17(26)5-4-6-30-20/h4-9,12H,10-11H2,1-3H3,(H,32,36)(H,33,37)(H,34,38). The molecule has 3 amide bonds. The van der Waals surface area contributed by atoms with E-state index in [9.17, 15) is 27.6 Å². The molecule has 1 aromatic carbocycles. The molecular formula is C24H23Cl2F3N6O4. The third-order valence-corrected chi connectivity index (χ3v) is 5.52. The molecule has 0 aliphatic carbocycles. The Hall–Kier alpha value is -3.68. The highest BCUT2D eigenvalue weighted by Crippen LogP contribution is 2.32. The summed E-state index contributed by atoms with van der Waals surface area (Å²) < 4.78 is 40.3. The third-order valence-electron chi connectivity index (χ3n) is 5.00. The molecule has 3 aromatic rings. The van der Waals surface area contributed by atoms with Gasteiger partial charge in [0.25, 0.3) is 11.8 Å². The van der Waals surface area contributed by atoms with Gasteiger partial charge < -0.3 is 10.6 Å². The zero-order valence-electron chi connectivity index (χ0n) is 20.8. The zero-order valence-corrected chi connectivity index (χ0v) is 22.3. The Morgan fingerprint density at radius 2 is 1.85 bits per heavy atom. The number of anilines is 1. The van der Waals surface area contributed by atoms with Gasteiger partial charge in [0.2, 0.25) is 5.91 Å². The van der Waals surface area contributed by atoms with Crippen molar-refractivity contribution in [1.29, 1.82) is 0 Å². The van der Waals surface area contributed by atoms with Crippen LogP contribution in [0.2, 0.25) is 10.0 Å². The number of benzene rings is 1. The van der Waals surface area contributed by atoms with Crippen LogP contribution < -0.4 is 16.1 Å². The molecule has 0 spiro atoms. The molecule has 0 aliphatic rings. The summed E-state index contributed by atoms with van der Waals surface area (Å²) in [5, 5.41) is 9.01. The maximum absolute atomic E-state index is 13.4. The highest BCUT2D eigenvalue weighted by Gasteiger charge is 2.32. The Morgan fingerprint density at radius 3 is 2.49 bits per heavy atom. The number of aromatic nitrogens is 3. The fraction of sp³-hybridized carbons (Fsp3) is 0.292. The van der Waals surface area contributed by atoms with E-state index in [4.69, 9.17) is 28.0 Å². The third kappa shape index (κ3) is 7.91. The molecule has 2 heterocycles. The lowest BCUT2D eigenvalue weighted by Crippen LogP contribution is -2.36. The molecule has 0 saturated carbocycles. The van der Waals surface area contributed by atoms with Crippen LogP contribution in [0.1, 0.15) is 40.1 Å². The first-order chi connectivity index (χ1) is 18.3. The van der Waals surface area contributed by atoms with E-state index in [0.29, 0.717) is 10.2 Å². The number of alkyl halides is 3. The lowest BCUT2D eigenvalue weighted by molar-refractivity contribution is -0.142. The van der Waals surface area contributed by atoms with Crippen LogP contribution in [0.5, 0.6) is 0 Å². The highest BCUT2D eigenvalue weighted by atomic mass is 35.5. The minimum Gasteiger partial charge on any atom is -0.352 e. The van der Waals surface area contributed by atoms with Gasteiger partial charge in [-0.1, -0.05) is 23.2 Å². The molecule has 0 atom stereocenters. The zero-order chi connectivity index (χ0) is 28.9. The van der Waals surface area contributed by atoms with Crippen LogP contribution in [-0.2, 0) is 16.2 Å². The average molecular weight is 587 g/mol. The molecule has 0 fully saturated rings. The summed E-state index contributed by atoms with van der Waals surface area (Å²) in [7, 11) is 0. The van der Waals surface area contributed by atoms with Gasteiger partial charge in [0.05, 0.1) is 28.0 Å². The SMILES string of the molecule is Cc1cc(Cl)cc(C(=O)NOCC(=O)NC(C)C)c1NC(=O)c1cnn(CC(F)(F)F)c1-c1ncccc1Cl. The second-order valence-corrected chi connectivity index (χ2v) is 9.40. The molecule has 3 rings (SSSR count). The van der Waals surface area contributed by atoms with E-state index < -0.39 is 37.0 Å². The maximum atomic E-state index is 13.4. The number of carbonyl (C=O) groups excluding carboxylic acids is 3. The summed E-state index contributed by atoms with van der Waals surface area (Å²) in [6, 6.07) is 5.46. The lowest BCUT2D eigenvalue weighted by Gasteiger charge is -2.16. The second kappa shape index (κ2) is 12.5. The molecule has 39 heavy (non-hydrogen) atoms. The molecule has 0 unspecified atom stereocenters. The van der Waals surface area contributed by atoms with E-state index in [1.54, 1.807) is 20.8 Å². The van der Waals surface area contributed by atoms with Gasteiger partial charge in [-0.05, 0) is 50.6 Å². The topological polar surface area (TPSA) is 127 Å². The molecule has 2 aromatic heterocycles. The van der Waals surface area contributed by atoms with E-state index in [1.807, 2.05) is 0 Å². The number of nitrogens with zero attached hydrogens (tertiary/aromatic N) is 3. The van der Waals surface area contributed by atoms with Gasteiger partial charge in [0.15, 0.2) is 6.61 Å². The Balaban J connectivity index is 1.93. The monoisotopic (exact) mass is 586 g/mol. The summed E-state index contributed by atoms with van der Waals surface area (Å²) in [4.78, 5) is 46.9. The van der Waals surface area contributed by atoms with Crippen molar-refractivity contribution in [1.82, 2.24) is 25.6 Å². The van der Waals surface area contributed by atoms with E-state index in [0.717, 1.165) is 6.20 Å². The summed E-state index contributed by atoms with van der Waals surface area (Å²) in [6.07, 6.45) is -2.40. The fourth-order valence-corrected chi connectivity index (χ4v) is 3.99. The molecular weight excluding hydrogens is 564 g/mol. The fourth-order valence-electron chi connectivity index (χ4n) is 3.51. The minimum atomic E-state index is -4.65. The van der Waals surface area contributed by atoms with Crippen molar-refractivity contribution < 1.29 is 32.4 Å². The number of carbonyl (C=O) groups is 3. The van der Waals surface area contributed by atoms with Crippen LogP contribution in [0, 0.1) is 6.92 Å². The van der Waals surface area contributed by atoms with Crippen molar-refractivity contribution in [3.05, 3.63) is 63.4 Å². The van der Waals surface area contributed by atoms with Gasteiger partial charge in [-0.3, -0.25) is 28.9 Å². The largest absolute Gasteiger partial charge is 0.408 e. The number of pyridine rings is 1. The number of hydrogen-bond acceptors (Lipinski definition) is 6. The molecule has 10 nitrogen and oxygen atoms in total. The molecule has 15 heteroatoms. The van der Waals surface area contributed by atoms with Gasteiger partial charge in [-0.15, -0.1) is 0 Å². The number of aryl methyl sites for hydroxylation is 1. The van der Waals surface area contributed by atoms with E-state index in [-0.39, 0.29) is 44.3 Å². The first kappa shape index (κ1) is 29.9. The summed E-state index contributed by atoms with van der Waals surface area (Å²) in [5.74, 6) is -2.21. The highest BCUT2D eigenvalue weighted by molar-refractivity contribution is 6.33. The summed E-state index contributed by atoms with van der Waals surface area (Å²) >= 11 is 12.3. The maximum Gasteiger partial charge on any atom is 0.408 e. The number of nitrogens with one attached hydrogen (secondary N) is 3. The summed E-state index contributed by atoms with van der Waals surface area (Å²) in [5.41, 5.74) is 1.70. The van der Waals surface area contributed by atoms with Crippen LogP contribution in [0.25, 0.3) is 11.4 Å². The average Bonchev–Trinajstić information content (AvgIpc) is 3.22. The first-order valence-electron chi connectivity index (χ1n) is 11.3. The number of amides is 3. The molecule has 0 saturated heterocycles. The van der Waals surface area contributed by atoms with Crippen LogP contribution in [0.3, 0.4) is 0 Å². The normalized spacial score (nSPS) is 11.4. The predicted molar refractivity (Wildman–Crippen MR) is 137 cm³/mol. The van der Waals surface area contributed by atoms with Crippen LogP contribution in [-0.4, -0.2) is 51.3 Å². The van der Waals surface area contributed by atoms with Gasteiger partial charge in [0.1, 0.15) is 17.9 Å². The lowest BCUT2D eigenvalue weighted by atomic mass is 10.1. The molecule has 3 N–H and O–H groups in total. The van der Waals surface area contributed by atoms with Crippen LogP contribution in [0.15, 0.2) is 36.7 Å². The van der Waals surface area contributed by atoms with E-state index >= 15 is 0 Å². The Morgan fingerprint density at radius 1 is 1.13 bits per heavy atom. The Kier molecular flexibility index (Phi) is 9.54. The molecule has 0 aliphatic heterocycles. The number of hydrogen-bond donors (Lipinski definition) is 3. The van der Waals surface area contributed by atoms with Gasteiger partial charge >= 0.3 is 6.18 Å².